The first-order chi connectivity index (χ1) is 11.2. The van der Waals surface area contributed by atoms with Gasteiger partial charge < -0.3 is 14.8 Å². The number of aromatic nitrogens is 2. The van der Waals surface area contributed by atoms with E-state index in [2.05, 4.69) is 26.3 Å². The van der Waals surface area contributed by atoms with Crippen LogP contribution in [-0.4, -0.2) is 41.1 Å². The Morgan fingerprint density at radius 1 is 1.25 bits per heavy atom. The van der Waals surface area contributed by atoms with Crippen molar-refractivity contribution in [2.24, 2.45) is 0 Å². The first-order valence-corrected chi connectivity index (χ1v) is 8.81. The molecule has 24 heavy (non-hydrogen) atoms. The van der Waals surface area contributed by atoms with Crippen LogP contribution in [0.25, 0.3) is 0 Å². The third-order valence-electron chi connectivity index (χ3n) is 3.11. The van der Waals surface area contributed by atoms with Crippen molar-refractivity contribution in [1.29, 1.82) is 0 Å². The van der Waals surface area contributed by atoms with Gasteiger partial charge >= 0.3 is 12.1 Å². The summed E-state index contributed by atoms with van der Waals surface area (Å²) in [6.45, 7) is 6.75. The number of rotatable bonds is 8. The van der Waals surface area contributed by atoms with Crippen LogP contribution >= 0.6 is 15.9 Å². The molecule has 0 aliphatic rings. The maximum absolute atomic E-state index is 11.6. The number of hydrogen-bond donors (Lipinski definition) is 1. The highest BCUT2D eigenvalue weighted by Gasteiger charge is 2.16. The lowest BCUT2D eigenvalue weighted by Crippen LogP contribution is -2.32. The molecule has 1 aromatic rings. The van der Waals surface area contributed by atoms with E-state index in [-0.39, 0.29) is 6.09 Å². The lowest BCUT2D eigenvalue weighted by molar-refractivity contribution is 0.0525. The lowest BCUT2D eigenvalue weighted by atomic mass is 10.2. The molecule has 0 aromatic carbocycles. The third kappa shape index (κ3) is 7.81. The third-order valence-corrected chi connectivity index (χ3v) is 3.50. The quantitative estimate of drug-likeness (QED) is 0.530. The maximum Gasteiger partial charge on any atom is 0.407 e. The standard InChI is InChI=1S/C16H26BrN3O4/c1-16(2,3)24-15(22)18-9-7-5-6-8-10-20-12(14(21)23-4)11-13(17)19-20/h11H,5-10H2,1-4H3,(H,18,22). The van der Waals surface area contributed by atoms with Gasteiger partial charge in [-0.1, -0.05) is 12.8 Å². The number of amides is 1. The number of alkyl carbamates (subject to hydrolysis) is 1. The van der Waals surface area contributed by atoms with Gasteiger partial charge in [-0.15, -0.1) is 0 Å². The molecule has 1 amide bonds. The van der Waals surface area contributed by atoms with E-state index < -0.39 is 11.6 Å². The van der Waals surface area contributed by atoms with E-state index in [0.717, 1.165) is 25.7 Å². The van der Waals surface area contributed by atoms with Crippen LogP contribution in [0.1, 0.15) is 56.9 Å². The second-order valence-corrected chi connectivity index (χ2v) is 7.22. The van der Waals surface area contributed by atoms with Gasteiger partial charge in [0.25, 0.3) is 0 Å². The SMILES string of the molecule is COC(=O)c1cc(Br)nn1CCCCCCNC(=O)OC(C)(C)C. The summed E-state index contributed by atoms with van der Waals surface area (Å²) in [6.07, 6.45) is 3.35. The van der Waals surface area contributed by atoms with Gasteiger partial charge in [-0.25, -0.2) is 9.59 Å². The van der Waals surface area contributed by atoms with E-state index in [4.69, 9.17) is 9.47 Å². The van der Waals surface area contributed by atoms with Crippen molar-refractivity contribution in [2.45, 2.75) is 58.6 Å². The molecule has 0 saturated carbocycles. The molecular weight excluding hydrogens is 378 g/mol. The summed E-state index contributed by atoms with van der Waals surface area (Å²) in [7, 11) is 1.35. The van der Waals surface area contributed by atoms with Crippen LogP contribution in [-0.2, 0) is 16.0 Å². The molecule has 1 rings (SSSR count). The summed E-state index contributed by atoms with van der Waals surface area (Å²) in [5.74, 6) is -0.394. The van der Waals surface area contributed by atoms with Crippen LogP contribution in [0.3, 0.4) is 0 Å². The summed E-state index contributed by atoms with van der Waals surface area (Å²) in [4.78, 5) is 23.1. The Kier molecular flexibility index (Phi) is 8.24. The van der Waals surface area contributed by atoms with Crippen molar-refractivity contribution in [1.82, 2.24) is 15.1 Å². The molecule has 0 fully saturated rings. The normalized spacial score (nSPS) is 11.2. The molecule has 0 radical (unpaired) electrons. The molecule has 8 heteroatoms. The number of esters is 1. The molecule has 136 valence electrons. The Bertz CT molecular complexity index is 552. The van der Waals surface area contributed by atoms with Crippen molar-refractivity contribution in [3.05, 3.63) is 16.4 Å². The zero-order chi connectivity index (χ0) is 18.2. The predicted molar refractivity (Wildman–Crippen MR) is 94.0 cm³/mol. The Balaban J connectivity index is 2.19. The van der Waals surface area contributed by atoms with Crippen molar-refractivity contribution in [3.63, 3.8) is 0 Å². The van der Waals surface area contributed by atoms with Gasteiger partial charge in [-0.3, -0.25) is 4.68 Å². The van der Waals surface area contributed by atoms with E-state index >= 15 is 0 Å². The molecule has 0 atom stereocenters. The van der Waals surface area contributed by atoms with Crippen LogP contribution in [0, 0.1) is 0 Å². The van der Waals surface area contributed by atoms with Crippen LogP contribution < -0.4 is 5.32 Å². The second-order valence-electron chi connectivity index (χ2n) is 6.41. The first-order valence-electron chi connectivity index (χ1n) is 8.01. The highest BCUT2D eigenvalue weighted by molar-refractivity contribution is 9.10. The number of carbonyl (C=O) groups excluding carboxylic acids is 2. The number of hydrogen-bond acceptors (Lipinski definition) is 5. The van der Waals surface area contributed by atoms with Gasteiger partial charge in [-0.05, 0) is 49.5 Å². The number of methoxy groups -OCH3 is 1. The van der Waals surface area contributed by atoms with Crippen LogP contribution in [0.5, 0.6) is 0 Å². The molecule has 1 aromatic heterocycles. The number of nitrogens with one attached hydrogen (secondary N) is 1. The summed E-state index contributed by atoms with van der Waals surface area (Å²) in [6, 6.07) is 1.65. The molecule has 0 aliphatic heterocycles. The molecule has 0 aliphatic carbocycles. The minimum Gasteiger partial charge on any atom is -0.464 e. The van der Waals surface area contributed by atoms with Gasteiger partial charge in [0.1, 0.15) is 15.9 Å². The first kappa shape index (κ1) is 20.5. The fourth-order valence-corrected chi connectivity index (χ4v) is 2.48. The topological polar surface area (TPSA) is 82.5 Å². The number of carbonyl (C=O) groups is 2. The Morgan fingerprint density at radius 3 is 2.54 bits per heavy atom. The zero-order valence-corrected chi connectivity index (χ0v) is 16.3. The monoisotopic (exact) mass is 403 g/mol. The fourth-order valence-electron chi connectivity index (χ4n) is 2.07. The van der Waals surface area contributed by atoms with Crippen molar-refractivity contribution in [3.8, 4) is 0 Å². The molecule has 1 N–H and O–H groups in total. The summed E-state index contributed by atoms with van der Waals surface area (Å²) >= 11 is 3.27. The van der Waals surface area contributed by atoms with Gasteiger partial charge in [0.05, 0.1) is 7.11 Å². The Morgan fingerprint density at radius 2 is 1.92 bits per heavy atom. The smallest absolute Gasteiger partial charge is 0.407 e. The maximum atomic E-state index is 11.6. The minimum absolute atomic E-state index is 0.383. The Hall–Kier alpha value is -1.57. The van der Waals surface area contributed by atoms with Crippen molar-refractivity contribution >= 4 is 28.0 Å². The Labute approximate surface area is 151 Å². The molecule has 0 unspecified atom stereocenters. The summed E-state index contributed by atoms with van der Waals surface area (Å²) in [5, 5.41) is 6.97. The molecule has 7 nitrogen and oxygen atoms in total. The summed E-state index contributed by atoms with van der Waals surface area (Å²) in [5.41, 5.74) is -0.0320. The number of aryl methyl sites for hydroxylation is 1. The average Bonchev–Trinajstić information content (AvgIpc) is 2.84. The van der Waals surface area contributed by atoms with Gasteiger partial charge in [-0.2, -0.15) is 5.10 Å². The van der Waals surface area contributed by atoms with E-state index in [9.17, 15) is 9.59 Å². The van der Waals surface area contributed by atoms with Crippen LogP contribution in [0.4, 0.5) is 4.79 Å². The molecule has 0 spiro atoms. The molecular formula is C16H26BrN3O4. The highest BCUT2D eigenvalue weighted by atomic mass is 79.9. The van der Waals surface area contributed by atoms with E-state index in [1.54, 1.807) is 10.7 Å². The zero-order valence-electron chi connectivity index (χ0n) is 14.7. The van der Waals surface area contributed by atoms with Gasteiger partial charge in [0.2, 0.25) is 0 Å². The van der Waals surface area contributed by atoms with Gasteiger partial charge in [0, 0.05) is 19.2 Å². The van der Waals surface area contributed by atoms with Gasteiger partial charge in [0.15, 0.2) is 0 Å². The molecule has 1 heterocycles. The number of unbranched alkanes of at least 4 members (excludes halogenated alkanes) is 3. The highest BCUT2D eigenvalue weighted by Crippen LogP contribution is 2.13. The largest absolute Gasteiger partial charge is 0.464 e. The number of halogens is 1. The molecule has 0 bridgehead atoms. The predicted octanol–water partition coefficient (Wildman–Crippen LogP) is 3.52. The minimum atomic E-state index is -0.473. The van der Waals surface area contributed by atoms with Crippen LogP contribution in [0.2, 0.25) is 0 Å². The summed E-state index contributed by atoms with van der Waals surface area (Å²) < 4.78 is 12.2. The average molecular weight is 404 g/mol. The number of ether oxygens (including phenoxy) is 2. The fraction of sp³-hybridized carbons (Fsp3) is 0.688. The van der Waals surface area contributed by atoms with Crippen LogP contribution in [0.15, 0.2) is 10.7 Å². The van der Waals surface area contributed by atoms with Crippen molar-refractivity contribution in [2.75, 3.05) is 13.7 Å². The van der Waals surface area contributed by atoms with E-state index in [1.165, 1.54) is 7.11 Å². The second kappa shape index (κ2) is 9.66. The van der Waals surface area contributed by atoms with E-state index in [1.807, 2.05) is 20.8 Å². The van der Waals surface area contributed by atoms with Crippen molar-refractivity contribution < 1.29 is 19.1 Å². The lowest BCUT2D eigenvalue weighted by Gasteiger charge is -2.19. The molecule has 0 saturated heterocycles. The van der Waals surface area contributed by atoms with E-state index in [0.29, 0.717) is 23.4 Å². The number of nitrogens with zero attached hydrogens (tertiary/aromatic N) is 2.